The number of aryl methyl sites for hydroxylation is 1. The van der Waals surface area contributed by atoms with E-state index in [0.29, 0.717) is 5.16 Å². The molecule has 0 aliphatic heterocycles. The molecule has 3 rings (SSSR count). The summed E-state index contributed by atoms with van der Waals surface area (Å²) in [5, 5.41) is 11.7. The van der Waals surface area contributed by atoms with E-state index < -0.39 is 0 Å². The van der Waals surface area contributed by atoms with Gasteiger partial charge in [-0.1, -0.05) is 42.1 Å². The average molecular weight is 403 g/mol. The van der Waals surface area contributed by atoms with Crippen molar-refractivity contribution in [1.29, 1.82) is 0 Å². The standard InChI is InChI=1S/C17H15BrN4OS/c1-12-6-2-5-9-15(12)22-11-19-21-17(22)24-10-16(23)20-14-8-4-3-7-13(14)18/h2-9,11H,10H2,1H3,(H,20,23). The monoisotopic (exact) mass is 402 g/mol. The highest BCUT2D eigenvalue weighted by Gasteiger charge is 2.12. The van der Waals surface area contributed by atoms with Gasteiger partial charge in [-0.3, -0.25) is 9.36 Å². The van der Waals surface area contributed by atoms with Gasteiger partial charge >= 0.3 is 0 Å². The molecule has 0 spiro atoms. The first-order valence-electron chi connectivity index (χ1n) is 7.28. The molecule has 1 aromatic heterocycles. The molecule has 0 aliphatic rings. The second-order valence-corrected chi connectivity index (χ2v) is 6.88. The van der Waals surface area contributed by atoms with Crippen LogP contribution in [0.3, 0.4) is 0 Å². The topological polar surface area (TPSA) is 59.8 Å². The fraction of sp³-hybridized carbons (Fsp3) is 0.118. The van der Waals surface area contributed by atoms with Gasteiger partial charge in [0.05, 0.1) is 17.1 Å². The lowest BCUT2D eigenvalue weighted by atomic mass is 10.2. The maximum Gasteiger partial charge on any atom is 0.234 e. The molecule has 0 fully saturated rings. The molecule has 0 saturated carbocycles. The van der Waals surface area contributed by atoms with Crippen molar-refractivity contribution in [3.63, 3.8) is 0 Å². The predicted octanol–water partition coefficient (Wildman–Crippen LogP) is 4.07. The van der Waals surface area contributed by atoms with Gasteiger partial charge in [-0.2, -0.15) is 0 Å². The molecule has 5 nitrogen and oxygen atoms in total. The number of hydrogen-bond acceptors (Lipinski definition) is 4. The van der Waals surface area contributed by atoms with E-state index in [1.54, 1.807) is 6.33 Å². The zero-order chi connectivity index (χ0) is 16.9. The highest BCUT2D eigenvalue weighted by atomic mass is 79.9. The van der Waals surface area contributed by atoms with Crippen LogP contribution >= 0.6 is 27.7 Å². The molecule has 0 atom stereocenters. The minimum Gasteiger partial charge on any atom is -0.324 e. The number of aromatic nitrogens is 3. The van der Waals surface area contributed by atoms with Crippen LogP contribution in [0.2, 0.25) is 0 Å². The van der Waals surface area contributed by atoms with Gasteiger partial charge in [0.25, 0.3) is 0 Å². The summed E-state index contributed by atoms with van der Waals surface area (Å²) >= 11 is 4.77. The van der Waals surface area contributed by atoms with Gasteiger partial charge in [0, 0.05) is 4.47 Å². The maximum absolute atomic E-state index is 12.2. The summed E-state index contributed by atoms with van der Waals surface area (Å²) in [6, 6.07) is 15.5. The van der Waals surface area contributed by atoms with E-state index in [0.717, 1.165) is 21.4 Å². The van der Waals surface area contributed by atoms with Crippen LogP contribution in [0.5, 0.6) is 0 Å². The molecule has 2 aromatic carbocycles. The average Bonchev–Trinajstić information content (AvgIpc) is 3.04. The second-order valence-electron chi connectivity index (χ2n) is 5.09. The molecular formula is C17H15BrN4OS. The Hall–Kier alpha value is -2.12. The van der Waals surface area contributed by atoms with Crippen molar-refractivity contribution in [2.75, 3.05) is 11.1 Å². The first-order chi connectivity index (χ1) is 11.6. The minimum atomic E-state index is -0.0915. The van der Waals surface area contributed by atoms with Crippen LogP contribution in [-0.4, -0.2) is 26.4 Å². The van der Waals surface area contributed by atoms with Crippen LogP contribution < -0.4 is 5.32 Å². The zero-order valence-electron chi connectivity index (χ0n) is 12.9. The van der Waals surface area contributed by atoms with Crippen molar-refractivity contribution in [1.82, 2.24) is 14.8 Å². The lowest BCUT2D eigenvalue weighted by molar-refractivity contribution is -0.113. The van der Waals surface area contributed by atoms with Gasteiger partial charge in [-0.15, -0.1) is 10.2 Å². The molecule has 1 amide bonds. The fourth-order valence-electron chi connectivity index (χ4n) is 2.20. The van der Waals surface area contributed by atoms with Crippen LogP contribution in [-0.2, 0) is 4.79 Å². The van der Waals surface area contributed by atoms with E-state index in [2.05, 4.69) is 31.4 Å². The first-order valence-corrected chi connectivity index (χ1v) is 9.06. The van der Waals surface area contributed by atoms with Crippen LogP contribution in [0, 0.1) is 6.92 Å². The van der Waals surface area contributed by atoms with E-state index in [1.807, 2.05) is 60.0 Å². The number of nitrogens with one attached hydrogen (secondary N) is 1. The number of rotatable bonds is 5. The van der Waals surface area contributed by atoms with E-state index in [4.69, 9.17) is 0 Å². The Morgan fingerprint density at radius 1 is 1.21 bits per heavy atom. The lowest BCUT2D eigenvalue weighted by Gasteiger charge is -2.09. The van der Waals surface area contributed by atoms with Crippen molar-refractivity contribution in [3.8, 4) is 5.69 Å². The Balaban J connectivity index is 1.68. The zero-order valence-corrected chi connectivity index (χ0v) is 15.3. The van der Waals surface area contributed by atoms with E-state index >= 15 is 0 Å². The largest absolute Gasteiger partial charge is 0.324 e. The highest BCUT2D eigenvalue weighted by Crippen LogP contribution is 2.24. The van der Waals surface area contributed by atoms with Crippen molar-refractivity contribution < 1.29 is 4.79 Å². The van der Waals surface area contributed by atoms with Crippen LogP contribution in [0.25, 0.3) is 5.69 Å². The quantitative estimate of drug-likeness (QED) is 0.653. The minimum absolute atomic E-state index is 0.0915. The summed E-state index contributed by atoms with van der Waals surface area (Å²) < 4.78 is 2.75. The second kappa shape index (κ2) is 7.63. The molecule has 0 aliphatic carbocycles. The third-order valence-corrected chi connectivity index (χ3v) is 5.01. The smallest absolute Gasteiger partial charge is 0.234 e. The Labute approximate surface area is 152 Å². The predicted molar refractivity (Wildman–Crippen MR) is 99.6 cm³/mol. The molecule has 122 valence electrons. The normalized spacial score (nSPS) is 10.6. The third-order valence-electron chi connectivity index (χ3n) is 3.37. The summed E-state index contributed by atoms with van der Waals surface area (Å²) in [5.41, 5.74) is 2.89. The Kier molecular flexibility index (Phi) is 5.32. The summed E-state index contributed by atoms with van der Waals surface area (Å²) in [5.74, 6) is 0.164. The molecule has 0 bridgehead atoms. The van der Waals surface area contributed by atoms with E-state index in [1.165, 1.54) is 11.8 Å². The van der Waals surface area contributed by atoms with E-state index in [9.17, 15) is 4.79 Å². The van der Waals surface area contributed by atoms with Gasteiger partial charge in [-0.25, -0.2) is 0 Å². The number of thioether (sulfide) groups is 1. The number of hydrogen-bond donors (Lipinski definition) is 1. The number of carbonyl (C=O) groups excluding carboxylic acids is 1. The molecule has 1 N–H and O–H groups in total. The lowest BCUT2D eigenvalue weighted by Crippen LogP contribution is -2.14. The molecule has 3 aromatic rings. The van der Waals surface area contributed by atoms with Crippen LogP contribution in [0.1, 0.15) is 5.56 Å². The van der Waals surface area contributed by atoms with Gasteiger partial charge in [0.2, 0.25) is 5.91 Å². The van der Waals surface area contributed by atoms with Crippen molar-refractivity contribution in [3.05, 3.63) is 64.9 Å². The summed E-state index contributed by atoms with van der Waals surface area (Å²) in [6.45, 7) is 2.03. The molecule has 0 saturated heterocycles. The number of benzene rings is 2. The van der Waals surface area contributed by atoms with Gasteiger partial charge < -0.3 is 5.32 Å². The number of nitrogens with zero attached hydrogens (tertiary/aromatic N) is 3. The first kappa shape index (κ1) is 16.7. The number of anilines is 1. The fourth-order valence-corrected chi connectivity index (χ4v) is 3.31. The van der Waals surface area contributed by atoms with E-state index in [-0.39, 0.29) is 11.7 Å². The number of halogens is 1. The Morgan fingerprint density at radius 3 is 2.75 bits per heavy atom. The maximum atomic E-state index is 12.2. The van der Waals surface area contributed by atoms with Crippen LogP contribution in [0.4, 0.5) is 5.69 Å². The molecule has 7 heteroatoms. The van der Waals surface area contributed by atoms with Gasteiger partial charge in [0.1, 0.15) is 6.33 Å². The number of para-hydroxylation sites is 2. The summed E-state index contributed by atoms with van der Waals surface area (Å²) in [4.78, 5) is 12.2. The SMILES string of the molecule is Cc1ccccc1-n1cnnc1SCC(=O)Nc1ccccc1Br. The van der Waals surface area contributed by atoms with Crippen molar-refractivity contribution in [2.24, 2.45) is 0 Å². The molecule has 24 heavy (non-hydrogen) atoms. The number of amides is 1. The molecule has 1 heterocycles. The van der Waals surface area contributed by atoms with Gasteiger partial charge in [-0.05, 0) is 46.6 Å². The number of carbonyl (C=O) groups is 1. The van der Waals surface area contributed by atoms with Crippen LogP contribution in [0.15, 0.2) is 64.5 Å². The summed E-state index contributed by atoms with van der Waals surface area (Å²) in [7, 11) is 0. The molecular weight excluding hydrogens is 388 g/mol. The summed E-state index contributed by atoms with van der Waals surface area (Å²) in [6.07, 6.45) is 1.66. The Morgan fingerprint density at radius 2 is 1.96 bits per heavy atom. The van der Waals surface area contributed by atoms with Crippen molar-refractivity contribution in [2.45, 2.75) is 12.1 Å². The third kappa shape index (κ3) is 3.85. The molecule has 0 unspecified atom stereocenters. The van der Waals surface area contributed by atoms with Crippen molar-refractivity contribution >= 4 is 39.3 Å². The van der Waals surface area contributed by atoms with Gasteiger partial charge in [0.15, 0.2) is 5.16 Å². The molecule has 0 radical (unpaired) electrons. The Bertz CT molecular complexity index is 865. The highest BCUT2D eigenvalue weighted by molar-refractivity contribution is 9.10.